The molecule has 3 heteroatoms. The second-order valence-corrected chi connectivity index (χ2v) is 4.92. The highest BCUT2D eigenvalue weighted by Crippen LogP contribution is 2.28. The number of hydrogen-bond donors (Lipinski definition) is 2. The summed E-state index contributed by atoms with van der Waals surface area (Å²) in [5.41, 5.74) is 5.49. The summed E-state index contributed by atoms with van der Waals surface area (Å²) in [6.45, 7) is 2.90. The van der Waals surface area contributed by atoms with E-state index in [1.54, 1.807) is 0 Å². The summed E-state index contributed by atoms with van der Waals surface area (Å²) >= 11 is 0. The van der Waals surface area contributed by atoms with Crippen LogP contribution in [0.5, 0.6) is 0 Å². The van der Waals surface area contributed by atoms with Crippen molar-refractivity contribution in [2.24, 2.45) is 5.73 Å². The molecule has 0 radical (unpaired) electrons. The molecule has 1 saturated carbocycles. The van der Waals surface area contributed by atoms with E-state index < -0.39 is 0 Å². The van der Waals surface area contributed by atoms with Gasteiger partial charge in [-0.3, -0.25) is 4.79 Å². The Morgan fingerprint density at radius 1 is 1.27 bits per heavy atom. The van der Waals surface area contributed by atoms with Crippen molar-refractivity contribution in [3.63, 3.8) is 0 Å². The van der Waals surface area contributed by atoms with E-state index in [1.165, 1.54) is 12.8 Å². The number of carbonyl (C=O) groups is 1. The van der Waals surface area contributed by atoms with Crippen LogP contribution >= 0.6 is 0 Å². The highest BCUT2D eigenvalue weighted by Gasteiger charge is 2.29. The maximum Gasteiger partial charge on any atom is 0.220 e. The number of carbonyl (C=O) groups excluding carboxylic acids is 1. The molecule has 15 heavy (non-hydrogen) atoms. The predicted octanol–water partition coefficient (Wildman–Crippen LogP) is 1.95. The van der Waals surface area contributed by atoms with Gasteiger partial charge in [0.25, 0.3) is 0 Å². The molecule has 0 unspecified atom stereocenters. The molecule has 0 aromatic heterocycles. The number of rotatable bonds is 6. The van der Waals surface area contributed by atoms with Gasteiger partial charge in [-0.1, -0.05) is 19.3 Å². The predicted molar refractivity (Wildman–Crippen MR) is 62.5 cm³/mol. The topological polar surface area (TPSA) is 55.1 Å². The van der Waals surface area contributed by atoms with E-state index in [-0.39, 0.29) is 11.4 Å². The van der Waals surface area contributed by atoms with E-state index in [0.717, 1.165) is 38.6 Å². The van der Waals surface area contributed by atoms with E-state index in [9.17, 15) is 4.79 Å². The summed E-state index contributed by atoms with van der Waals surface area (Å²) in [6, 6.07) is 0. The Bertz CT molecular complexity index is 198. The van der Waals surface area contributed by atoms with Crippen LogP contribution in [0.1, 0.15) is 58.3 Å². The van der Waals surface area contributed by atoms with Gasteiger partial charge >= 0.3 is 0 Å². The molecule has 0 heterocycles. The zero-order valence-corrected chi connectivity index (χ0v) is 9.85. The van der Waals surface area contributed by atoms with Gasteiger partial charge in [0.2, 0.25) is 5.91 Å². The highest BCUT2D eigenvalue weighted by atomic mass is 16.1. The summed E-state index contributed by atoms with van der Waals surface area (Å²) in [5.74, 6) is 0.219. The number of hydrogen-bond acceptors (Lipinski definition) is 2. The normalized spacial score (nSPS) is 19.1. The van der Waals surface area contributed by atoms with Crippen LogP contribution in [0.15, 0.2) is 0 Å². The molecule has 0 spiro atoms. The molecule has 0 bridgehead atoms. The zero-order valence-electron chi connectivity index (χ0n) is 9.85. The first-order valence-corrected chi connectivity index (χ1v) is 6.17. The molecule has 0 atom stereocenters. The third kappa shape index (κ3) is 4.65. The molecular formula is C12H24N2O. The Balaban J connectivity index is 2.12. The maximum absolute atomic E-state index is 11.6. The van der Waals surface area contributed by atoms with Crippen molar-refractivity contribution in [1.29, 1.82) is 0 Å². The summed E-state index contributed by atoms with van der Waals surface area (Å²) < 4.78 is 0. The summed E-state index contributed by atoms with van der Waals surface area (Å²) in [4.78, 5) is 11.6. The Morgan fingerprint density at radius 2 is 1.93 bits per heavy atom. The molecule has 1 aliphatic rings. The molecule has 0 aliphatic heterocycles. The number of unbranched alkanes of at least 4 members (excludes halogenated alkanes) is 2. The molecule has 0 aromatic carbocycles. The molecule has 0 saturated heterocycles. The number of nitrogens with two attached hydrogens (primary N) is 1. The monoisotopic (exact) mass is 212 g/mol. The minimum Gasteiger partial charge on any atom is -0.351 e. The van der Waals surface area contributed by atoms with E-state index in [4.69, 9.17) is 5.73 Å². The van der Waals surface area contributed by atoms with E-state index in [1.807, 2.05) is 0 Å². The minimum absolute atomic E-state index is 0.0882. The Labute approximate surface area is 92.8 Å². The van der Waals surface area contributed by atoms with Crippen LogP contribution in [-0.4, -0.2) is 18.0 Å². The Hall–Kier alpha value is -0.570. The van der Waals surface area contributed by atoms with Gasteiger partial charge in [0.05, 0.1) is 0 Å². The average Bonchev–Trinajstić information content (AvgIpc) is 2.59. The van der Waals surface area contributed by atoms with Crippen molar-refractivity contribution in [1.82, 2.24) is 5.32 Å². The molecular weight excluding hydrogens is 188 g/mol. The van der Waals surface area contributed by atoms with Crippen LogP contribution in [0.25, 0.3) is 0 Å². The van der Waals surface area contributed by atoms with Gasteiger partial charge in [0.15, 0.2) is 0 Å². The first-order chi connectivity index (χ1) is 7.16. The number of amides is 1. The second kappa shape index (κ2) is 6.11. The lowest BCUT2D eigenvalue weighted by Gasteiger charge is -2.25. The molecule has 88 valence electrons. The van der Waals surface area contributed by atoms with Gasteiger partial charge in [-0.05, 0) is 39.2 Å². The van der Waals surface area contributed by atoms with Crippen molar-refractivity contribution < 1.29 is 4.79 Å². The first-order valence-electron chi connectivity index (χ1n) is 6.17. The summed E-state index contributed by atoms with van der Waals surface area (Å²) in [6.07, 6.45) is 8.52. The fourth-order valence-corrected chi connectivity index (χ4v) is 2.29. The Kier molecular flexibility index (Phi) is 5.09. The van der Waals surface area contributed by atoms with E-state index in [2.05, 4.69) is 12.2 Å². The molecule has 1 rings (SSSR count). The van der Waals surface area contributed by atoms with E-state index >= 15 is 0 Å². The summed E-state index contributed by atoms with van der Waals surface area (Å²) in [5, 5.41) is 3.16. The minimum atomic E-state index is 0.0882. The highest BCUT2D eigenvalue weighted by molar-refractivity contribution is 5.76. The van der Waals surface area contributed by atoms with Crippen LogP contribution < -0.4 is 11.1 Å². The summed E-state index contributed by atoms with van der Waals surface area (Å²) in [7, 11) is 0. The molecule has 1 aliphatic carbocycles. The van der Waals surface area contributed by atoms with Crippen LogP contribution in [0.3, 0.4) is 0 Å². The lowest BCUT2D eigenvalue weighted by molar-refractivity contribution is -0.122. The zero-order chi connectivity index (χ0) is 11.1. The number of nitrogens with one attached hydrogen (secondary N) is 1. The average molecular weight is 212 g/mol. The van der Waals surface area contributed by atoms with Crippen LogP contribution in [0.2, 0.25) is 0 Å². The maximum atomic E-state index is 11.6. The van der Waals surface area contributed by atoms with Gasteiger partial charge in [-0.15, -0.1) is 0 Å². The standard InChI is InChI=1S/C12H24N2O/c1-12(8-4-5-9-12)14-11(15)7-3-2-6-10-13/h2-10,13H2,1H3,(H,14,15). The van der Waals surface area contributed by atoms with Crippen molar-refractivity contribution in [3.05, 3.63) is 0 Å². The van der Waals surface area contributed by atoms with Crippen LogP contribution in [-0.2, 0) is 4.79 Å². The van der Waals surface area contributed by atoms with Crippen molar-refractivity contribution in [3.8, 4) is 0 Å². The lowest BCUT2D eigenvalue weighted by Crippen LogP contribution is -2.43. The van der Waals surface area contributed by atoms with Gasteiger partial charge in [0, 0.05) is 12.0 Å². The Morgan fingerprint density at radius 3 is 2.53 bits per heavy atom. The molecule has 3 nitrogen and oxygen atoms in total. The largest absolute Gasteiger partial charge is 0.351 e. The van der Waals surface area contributed by atoms with Crippen LogP contribution in [0.4, 0.5) is 0 Å². The van der Waals surface area contributed by atoms with Gasteiger partial charge in [0.1, 0.15) is 0 Å². The van der Waals surface area contributed by atoms with Gasteiger partial charge < -0.3 is 11.1 Å². The van der Waals surface area contributed by atoms with Gasteiger partial charge in [-0.2, -0.15) is 0 Å². The second-order valence-electron chi connectivity index (χ2n) is 4.92. The van der Waals surface area contributed by atoms with Crippen molar-refractivity contribution >= 4 is 5.91 Å². The smallest absolute Gasteiger partial charge is 0.220 e. The molecule has 1 fully saturated rings. The van der Waals surface area contributed by atoms with E-state index in [0.29, 0.717) is 6.42 Å². The fraction of sp³-hybridized carbons (Fsp3) is 0.917. The third-order valence-corrected chi connectivity index (χ3v) is 3.26. The lowest BCUT2D eigenvalue weighted by atomic mass is 10.0. The first kappa shape index (κ1) is 12.5. The van der Waals surface area contributed by atoms with Gasteiger partial charge in [-0.25, -0.2) is 0 Å². The fourth-order valence-electron chi connectivity index (χ4n) is 2.29. The molecule has 3 N–H and O–H groups in total. The quantitative estimate of drug-likeness (QED) is 0.661. The SMILES string of the molecule is CC1(NC(=O)CCCCCN)CCCC1. The molecule has 0 aromatic rings. The van der Waals surface area contributed by atoms with Crippen LogP contribution in [0, 0.1) is 0 Å². The van der Waals surface area contributed by atoms with Crippen molar-refractivity contribution in [2.45, 2.75) is 63.8 Å². The third-order valence-electron chi connectivity index (χ3n) is 3.26. The molecule has 1 amide bonds. The van der Waals surface area contributed by atoms with Crippen molar-refractivity contribution in [2.75, 3.05) is 6.54 Å².